The number of ether oxygens (including phenoxy) is 1. The Hall–Kier alpha value is -2.65. The maximum absolute atomic E-state index is 12.9. The minimum Gasteiger partial charge on any atom is -0.489 e. The van der Waals surface area contributed by atoms with Crippen LogP contribution in [-0.4, -0.2) is 26.5 Å². The lowest BCUT2D eigenvalue weighted by Gasteiger charge is -2.30. The summed E-state index contributed by atoms with van der Waals surface area (Å²) >= 11 is 0. The molecular weight excluding hydrogens is 334 g/mol. The van der Waals surface area contributed by atoms with Crippen molar-refractivity contribution in [3.63, 3.8) is 0 Å². The van der Waals surface area contributed by atoms with Gasteiger partial charge in [0.2, 0.25) is 0 Å². The zero-order valence-electron chi connectivity index (χ0n) is 12.6. The zero-order valence-corrected chi connectivity index (χ0v) is 13.4. The average molecular weight is 349 g/mol. The molecule has 0 saturated heterocycles. The Kier molecular flexibility index (Phi) is 4.12. The van der Waals surface area contributed by atoms with Gasteiger partial charge in [0.1, 0.15) is 12.4 Å². The van der Waals surface area contributed by atoms with Crippen LogP contribution in [-0.2, 0) is 16.6 Å². The molecule has 0 atom stereocenters. The highest BCUT2D eigenvalue weighted by molar-refractivity contribution is 7.92. The predicted octanol–water partition coefficient (Wildman–Crippen LogP) is 1.64. The van der Waals surface area contributed by atoms with Crippen molar-refractivity contribution >= 4 is 21.4 Å². The molecule has 0 aliphatic carbocycles. The molecule has 2 N–H and O–H groups in total. The number of fused-ring (bicyclic) bond motifs is 1. The molecule has 24 heavy (non-hydrogen) atoms. The van der Waals surface area contributed by atoms with Gasteiger partial charge in [-0.2, -0.15) is 0 Å². The number of nitrogens with two attached hydrogens (primary N) is 1. The van der Waals surface area contributed by atoms with E-state index in [0.29, 0.717) is 11.4 Å². The third-order valence-corrected chi connectivity index (χ3v) is 5.54. The Bertz CT molecular complexity index is 880. The first-order chi connectivity index (χ1) is 11.4. The van der Waals surface area contributed by atoms with Crippen LogP contribution in [0.15, 0.2) is 47.4 Å². The third-order valence-electron chi connectivity index (χ3n) is 3.72. The summed E-state index contributed by atoms with van der Waals surface area (Å²) in [5.41, 5.74) is 6.66. The van der Waals surface area contributed by atoms with Crippen molar-refractivity contribution in [3.05, 3.63) is 58.1 Å². The summed E-state index contributed by atoms with van der Waals surface area (Å²) in [4.78, 5) is 10.1. The fourth-order valence-corrected chi connectivity index (χ4v) is 3.93. The minimum absolute atomic E-state index is 0.0147. The van der Waals surface area contributed by atoms with Gasteiger partial charge in [0.25, 0.3) is 15.7 Å². The van der Waals surface area contributed by atoms with Gasteiger partial charge in [-0.25, -0.2) is 8.42 Å². The molecule has 126 valence electrons. The van der Waals surface area contributed by atoms with Crippen LogP contribution in [0.5, 0.6) is 5.75 Å². The van der Waals surface area contributed by atoms with E-state index in [-0.39, 0.29) is 30.3 Å². The highest BCUT2D eigenvalue weighted by Gasteiger charge is 2.30. The van der Waals surface area contributed by atoms with Crippen molar-refractivity contribution in [1.82, 2.24) is 0 Å². The Balaban J connectivity index is 2.04. The molecule has 0 aromatic heterocycles. The largest absolute Gasteiger partial charge is 0.489 e. The summed E-state index contributed by atoms with van der Waals surface area (Å²) in [5, 5.41) is 10.7. The highest BCUT2D eigenvalue weighted by atomic mass is 32.2. The van der Waals surface area contributed by atoms with E-state index in [1.807, 2.05) is 0 Å². The van der Waals surface area contributed by atoms with Gasteiger partial charge in [-0.05, 0) is 29.8 Å². The van der Waals surface area contributed by atoms with Crippen LogP contribution in [0.2, 0.25) is 0 Å². The van der Waals surface area contributed by atoms with E-state index < -0.39 is 14.9 Å². The SMILES string of the molecule is NCc1ccc2c(c1)N(S(=O)(=O)c1ccc([N+](=O)[O-])cc1)CCO2. The fourth-order valence-electron chi connectivity index (χ4n) is 2.48. The van der Waals surface area contributed by atoms with Crippen LogP contribution in [0.4, 0.5) is 11.4 Å². The van der Waals surface area contributed by atoms with Crippen LogP contribution in [0.1, 0.15) is 5.56 Å². The number of anilines is 1. The number of non-ortho nitro benzene ring substituents is 1. The van der Waals surface area contributed by atoms with E-state index in [0.717, 1.165) is 5.56 Å². The van der Waals surface area contributed by atoms with E-state index in [1.54, 1.807) is 18.2 Å². The number of benzene rings is 2. The minimum atomic E-state index is -3.85. The van der Waals surface area contributed by atoms with Crippen LogP contribution >= 0.6 is 0 Å². The molecule has 1 heterocycles. The average Bonchev–Trinajstić information content (AvgIpc) is 2.60. The molecule has 2 aromatic carbocycles. The second-order valence-electron chi connectivity index (χ2n) is 5.18. The Morgan fingerprint density at radius 1 is 1.21 bits per heavy atom. The number of hydrogen-bond acceptors (Lipinski definition) is 6. The summed E-state index contributed by atoms with van der Waals surface area (Å²) in [7, 11) is -3.85. The van der Waals surface area contributed by atoms with Gasteiger partial charge in [-0.15, -0.1) is 0 Å². The normalized spacial score (nSPS) is 14.0. The Labute approximate surface area is 138 Å². The van der Waals surface area contributed by atoms with Gasteiger partial charge >= 0.3 is 0 Å². The first-order valence-electron chi connectivity index (χ1n) is 7.16. The van der Waals surface area contributed by atoms with Gasteiger partial charge in [-0.1, -0.05) is 6.07 Å². The van der Waals surface area contributed by atoms with Crippen molar-refractivity contribution in [2.75, 3.05) is 17.5 Å². The smallest absolute Gasteiger partial charge is 0.269 e. The topological polar surface area (TPSA) is 116 Å². The molecule has 9 heteroatoms. The molecule has 0 fully saturated rings. The van der Waals surface area contributed by atoms with Crippen LogP contribution in [0.3, 0.4) is 0 Å². The third kappa shape index (κ3) is 2.79. The van der Waals surface area contributed by atoms with E-state index in [1.165, 1.54) is 28.6 Å². The molecular formula is C15H15N3O5S. The van der Waals surface area contributed by atoms with Gasteiger partial charge in [0.15, 0.2) is 0 Å². The van der Waals surface area contributed by atoms with Crippen molar-refractivity contribution < 1.29 is 18.1 Å². The fraction of sp³-hybridized carbons (Fsp3) is 0.200. The molecule has 0 amide bonds. The van der Waals surface area contributed by atoms with Crippen molar-refractivity contribution in [2.24, 2.45) is 5.73 Å². The summed E-state index contributed by atoms with van der Waals surface area (Å²) in [6, 6.07) is 9.95. The maximum Gasteiger partial charge on any atom is 0.269 e. The molecule has 2 aromatic rings. The molecule has 3 rings (SSSR count). The highest BCUT2D eigenvalue weighted by Crippen LogP contribution is 2.36. The second kappa shape index (κ2) is 6.10. The number of nitrogens with zero attached hydrogens (tertiary/aromatic N) is 2. The second-order valence-corrected chi connectivity index (χ2v) is 7.05. The number of nitro benzene ring substituents is 1. The molecule has 8 nitrogen and oxygen atoms in total. The molecule has 0 bridgehead atoms. The maximum atomic E-state index is 12.9. The van der Waals surface area contributed by atoms with Crippen molar-refractivity contribution in [3.8, 4) is 5.75 Å². The molecule has 0 spiro atoms. The standard InChI is InChI=1S/C15H15N3O5S/c16-10-11-1-6-15-14(9-11)17(7-8-23-15)24(21,22)13-4-2-12(3-5-13)18(19)20/h1-6,9H,7-8,10,16H2. The zero-order chi connectivity index (χ0) is 17.3. The van der Waals surface area contributed by atoms with Crippen molar-refractivity contribution in [1.29, 1.82) is 0 Å². The number of nitro groups is 1. The summed E-state index contributed by atoms with van der Waals surface area (Å²) in [6.45, 7) is 0.653. The van der Waals surface area contributed by atoms with E-state index in [4.69, 9.17) is 10.5 Å². The predicted molar refractivity (Wildman–Crippen MR) is 87.5 cm³/mol. The van der Waals surface area contributed by atoms with Crippen LogP contribution in [0, 0.1) is 10.1 Å². The number of rotatable bonds is 4. The summed E-state index contributed by atoms with van der Waals surface area (Å²) in [5.74, 6) is 0.462. The number of hydrogen-bond donors (Lipinski definition) is 1. The monoisotopic (exact) mass is 349 g/mol. The molecule has 1 aliphatic rings. The lowest BCUT2D eigenvalue weighted by atomic mass is 10.1. The summed E-state index contributed by atoms with van der Waals surface area (Å²) < 4.78 is 32.5. The van der Waals surface area contributed by atoms with E-state index >= 15 is 0 Å². The number of sulfonamides is 1. The molecule has 0 unspecified atom stereocenters. The van der Waals surface area contributed by atoms with Crippen LogP contribution < -0.4 is 14.8 Å². The molecule has 0 radical (unpaired) electrons. The quantitative estimate of drug-likeness (QED) is 0.662. The first kappa shape index (κ1) is 16.2. The first-order valence-corrected chi connectivity index (χ1v) is 8.60. The molecule has 1 aliphatic heterocycles. The van der Waals surface area contributed by atoms with Gasteiger partial charge in [0.05, 0.1) is 22.1 Å². The van der Waals surface area contributed by atoms with Gasteiger partial charge in [-0.3, -0.25) is 14.4 Å². The summed E-state index contributed by atoms with van der Waals surface area (Å²) in [6.07, 6.45) is 0. The molecule has 0 saturated carbocycles. The lowest BCUT2D eigenvalue weighted by molar-refractivity contribution is -0.384. The van der Waals surface area contributed by atoms with Gasteiger partial charge in [0, 0.05) is 18.7 Å². The van der Waals surface area contributed by atoms with E-state index in [2.05, 4.69) is 0 Å². The van der Waals surface area contributed by atoms with E-state index in [9.17, 15) is 18.5 Å². The lowest BCUT2D eigenvalue weighted by Crippen LogP contribution is -2.38. The Morgan fingerprint density at radius 2 is 1.92 bits per heavy atom. The van der Waals surface area contributed by atoms with Gasteiger partial charge < -0.3 is 10.5 Å². The Morgan fingerprint density at radius 3 is 2.54 bits per heavy atom. The van der Waals surface area contributed by atoms with Crippen molar-refractivity contribution in [2.45, 2.75) is 11.4 Å². The van der Waals surface area contributed by atoms with Crippen LogP contribution in [0.25, 0.3) is 0 Å².